The van der Waals surface area contributed by atoms with E-state index in [4.69, 9.17) is 4.74 Å². The minimum atomic E-state index is -0.0326. The molecule has 0 saturated carbocycles. The van der Waals surface area contributed by atoms with Crippen molar-refractivity contribution >= 4 is 17.5 Å². The Morgan fingerprint density at radius 1 is 0.941 bits per heavy atom. The molecule has 2 aromatic rings. The van der Waals surface area contributed by atoms with Crippen LogP contribution >= 0.6 is 0 Å². The second-order valence-corrected chi connectivity index (χ2v) is 9.73. The zero-order chi connectivity index (χ0) is 24.1. The first-order valence-electron chi connectivity index (χ1n) is 12.6. The lowest BCUT2D eigenvalue weighted by atomic mass is 9.97. The Balaban J connectivity index is 1.34. The number of carbonyl (C=O) groups excluding carboxylic acids is 2. The molecule has 6 heteroatoms. The van der Waals surface area contributed by atoms with Gasteiger partial charge in [0.1, 0.15) is 5.75 Å². The van der Waals surface area contributed by atoms with Gasteiger partial charge in [0.2, 0.25) is 0 Å². The van der Waals surface area contributed by atoms with Gasteiger partial charge < -0.3 is 19.4 Å². The molecule has 2 aromatic carbocycles. The molecule has 6 nitrogen and oxygen atoms in total. The maximum atomic E-state index is 13.0. The van der Waals surface area contributed by atoms with Crippen molar-refractivity contribution in [3.63, 3.8) is 0 Å². The second-order valence-electron chi connectivity index (χ2n) is 9.73. The van der Waals surface area contributed by atoms with Crippen LogP contribution in [-0.2, 0) is 11.3 Å². The number of anilines is 1. The molecule has 2 fully saturated rings. The highest BCUT2D eigenvalue weighted by Gasteiger charge is 2.29. The van der Waals surface area contributed by atoms with Crippen molar-refractivity contribution in [2.45, 2.75) is 64.6 Å². The highest BCUT2D eigenvalue weighted by Crippen LogP contribution is 2.26. The van der Waals surface area contributed by atoms with E-state index >= 15 is 0 Å². The zero-order valence-corrected chi connectivity index (χ0v) is 20.7. The molecule has 182 valence electrons. The quantitative estimate of drug-likeness (QED) is 0.596. The van der Waals surface area contributed by atoms with Crippen molar-refractivity contribution in [3.05, 3.63) is 59.7 Å². The first-order chi connectivity index (χ1) is 16.4. The van der Waals surface area contributed by atoms with Crippen molar-refractivity contribution in [1.82, 2.24) is 9.80 Å². The number of hydrogen-bond donors (Lipinski definition) is 0. The summed E-state index contributed by atoms with van der Waals surface area (Å²) in [4.78, 5) is 31.9. The van der Waals surface area contributed by atoms with Crippen LogP contribution in [0.2, 0.25) is 0 Å². The maximum Gasteiger partial charge on any atom is 0.260 e. The smallest absolute Gasteiger partial charge is 0.260 e. The molecule has 0 bridgehead atoms. The molecule has 2 saturated heterocycles. The molecule has 4 rings (SSSR count). The Morgan fingerprint density at radius 2 is 1.59 bits per heavy atom. The summed E-state index contributed by atoms with van der Waals surface area (Å²) in [6.07, 6.45) is 5.70. The van der Waals surface area contributed by atoms with Crippen molar-refractivity contribution in [3.8, 4) is 5.75 Å². The van der Waals surface area contributed by atoms with Gasteiger partial charge in [-0.3, -0.25) is 9.59 Å². The molecule has 0 radical (unpaired) electrons. The molecule has 2 aliphatic heterocycles. The number of hydrogen-bond acceptors (Lipinski definition) is 4. The van der Waals surface area contributed by atoms with E-state index in [1.54, 1.807) is 29.2 Å². The summed E-state index contributed by atoms with van der Waals surface area (Å²) >= 11 is 0. The van der Waals surface area contributed by atoms with Crippen LogP contribution in [-0.4, -0.2) is 60.4 Å². The third kappa shape index (κ3) is 5.54. The van der Waals surface area contributed by atoms with E-state index in [2.05, 4.69) is 36.9 Å². The highest BCUT2D eigenvalue weighted by molar-refractivity contribution is 5.94. The van der Waals surface area contributed by atoms with Crippen LogP contribution in [0.1, 0.15) is 61.9 Å². The lowest BCUT2D eigenvalue weighted by Crippen LogP contribution is -2.49. The van der Waals surface area contributed by atoms with Gasteiger partial charge in [0, 0.05) is 50.0 Å². The first-order valence-corrected chi connectivity index (χ1v) is 12.6. The normalized spacial score (nSPS) is 20.3. The lowest BCUT2D eigenvalue weighted by molar-refractivity contribution is -0.139. The predicted molar refractivity (Wildman–Crippen MR) is 135 cm³/mol. The Labute approximate surface area is 203 Å². The molecule has 2 heterocycles. The van der Waals surface area contributed by atoms with Gasteiger partial charge in [0.25, 0.3) is 11.8 Å². The summed E-state index contributed by atoms with van der Waals surface area (Å²) in [6, 6.07) is 16.0. The zero-order valence-electron chi connectivity index (χ0n) is 20.7. The molecule has 0 aliphatic carbocycles. The highest BCUT2D eigenvalue weighted by atomic mass is 16.5. The largest absolute Gasteiger partial charge is 0.484 e. The molecule has 2 unspecified atom stereocenters. The number of carbonyl (C=O) groups is 2. The van der Waals surface area contributed by atoms with Gasteiger partial charge in [0.05, 0.1) is 0 Å². The summed E-state index contributed by atoms with van der Waals surface area (Å²) in [7, 11) is 1.84. The van der Waals surface area contributed by atoms with Gasteiger partial charge in [-0.25, -0.2) is 0 Å². The number of amides is 2. The molecule has 0 spiro atoms. The van der Waals surface area contributed by atoms with E-state index in [1.807, 2.05) is 18.0 Å². The fourth-order valence-electron chi connectivity index (χ4n) is 5.29. The number of ether oxygens (including phenoxy) is 1. The van der Waals surface area contributed by atoms with Crippen LogP contribution in [0.5, 0.6) is 5.75 Å². The Kier molecular flexibility index (Phi) is 7.76. The summed E-state index contributed by atoms with van der Waals surface area (Å²) in [5.41, 5.74) is 3.00. The van der Waals surface area contributed by atoms with Crippen molar-refractivity contribution in [2.75, 3.05) is 31.6 Å². The van der Waals surface area contributed by atoms with Crippen LogP contribution in [0.25, 0.3) is 0 Å². The second kappa shape index (κ2) is 10.9. The molecule has 34 heavy (non-hydrogen) atoms. The van der Waals surface area contributed by atoms with E-state index in [1.165, 1.54) is 30.5 Å². The Bertz CT molecular complexity index is 975. The van der Waals surface area contributed by atoms with Crippen LogP contribution in [0.4, 0.5) is 5.69 Å². The summed E-state index contributed by atoms with van der Waals surface area (Å²) < 4.78 is 5.76. The number of nitrogens with zero attached hydrogens (tertiary/aromatic N) is 3. The third-order valence-electron chi connectivity index (χ3n) is 7.14. The van der Waals surface area contributed by atoms with E-state index < -0.39 is 0 Å². The number of likely N-dealkylation sites (tertiary alicyclic amines) is 1. The van der Waals surface area contributed by atoms with Gasteiger partial charge in [0.15, 0.2) is 6.61 Å². The number of rotatable bonds is 7. The predicted octanol–water partition coefficient (Wildman–Crippen LogP) is 4.73. The summed E-state index contributed by atoms with van der Waals surface area (Å²) in [5, 5.41) is 0. The molecular formula is C28H37N3O3. The minimum Gasteiger partial charge on any atom is -0.484 e. The number of benzene rings is 2. The molecule has 2 aliphatic rings. The van der Waals surface area contributed by atoms with Crippen LogP contribution in [0.3, 0.4) is 0 Å². The Hall–Kier alpha value is -3.02. The average Bonchev–Trinajstić information content (AvgIpc) is 3.38. The lowest BCUT2D eigenvalue weighted by Gasteiger charge is -2.38. The SMILES string of the molecule is CC1CCCC(C)N1C(=O)COc1ccc(C(=O)N(C)Cc2ccccc2N2CCCC2)cc1. The van der Waals surface area contributed by atoms with Gasteiger partial charge in [-0.2, -0.15) is 0 Å². The Morgan fingerprint density at radius 3 is 2.26 bits per heavy atom. The van der Waals surface area contributed by atoms with Crippen LogP contribution in [0.15, 0.2) is 48.5 Å². The van der Waals surface area contributed by atoms with Crippen molar-refractivity contribution in [2.24, 2.45) is 0 Å². The van der Waals surface area contributed by atoms with Crippen molar-refractivity contribution < 1.29 is 14.3 Å². The molecule has 2 atom stereocenters. The van der Waals surface area contributed by atoms with Crippen LogP contribution < -0.4 is 9.64 Å². The number of para-hydroxylation sites is 1. The van der Waals surface area contributed by atoms with Crippen molar-refractivity contribution in [1.29, 1.82) is 0 Å². The van der Waals surface area contributed by atoms with Gasteiger partial charge >= 0.3 is 0 Å². The fraction of sp³-hybridized carbons (Fsp3) is 0.500. The van der Waals surface area contributed by atoms with E-state index in [9.17, 15) is 9.59 Å². The number of piperidine rings is 1. The molecule has 0 aromatic heterocycles. The summed E-state index contributed by atoms with van der Waals surface area (Å²) in [6.45, 7) is 6.95. The standard InChI is InChI=1S/C28H37N3O3/c1-21-9-8-10-22(2)31(21)27(32)20-34-25-15-13-23(14-16-25)28(33)29(3)19-24-11-4-5-12-26(24)30-17-6-7-18-30/h4-5,11-16,21-22H,6-10,17-20H2,1-3H3. The van der Waals surface area contributed by atoms with Gasteiger partial charge in [-0.1, -0.05) is 18.2 Å². The van der Waals surface area contributed by atoms with Crippen LogP contribution in [0, 0.1) is 0 Å². The van der Waals surface area contributed by atoms with Gasteiger partial charge in [-0.05, 0) is 81.8 Å². The minimum absolute atomic E-state index is 0.0230. The topological polar surface area (TPSA) is 53.1 Å². The fourth-order valence-corrected chi connectivity index (χ4v) is 5.29. The maximum absolute atomic E-state index is 13.0. The van der Waals surface area contributed by atoms with E-state index in [0.29, 0.717) is 17.9 Å². The average molecular weight is 464 g/mol. The molecular weight excluding hydrogens is 426 g/mol. The first kappa shape index (κ1) is 24.1. The molecule has 2 amide bonds. The third-order valence-corrected chi connectivity index (χ3v) is 7.14. The molecule has 0 N–H and O–H groups in total. The van der Waals surface area contributed by atoms with E-state index in [-0.39, 0.29) is 30.5 Å². The monoisotopic (exact) mass is 463 g/mol. The summed E-state index contributed by atoms with van der Waals surface area (Å²) in [5.74, 6) is 0.593. The van der Waals surface area contributed by atoms with E-state index in [0.717, 1.165) is 25.9 Å². The van der Waals surface area contributed by atoms with Gasteiger partial charge in [-0.15, -0.1) is 0 Å².